The molecule has 0 saturated carbocycles. The number of furan rings is 1. The summed E-state index contributed by atoms with van der Waals surface area (Å²) in [5.74, 6) is 0.719. The lowest BCUT2D eigenvalue weighted by atomic mass is 10.0. The molecule has 1 aliphatic rings. The molecule has 1 N–H and O–H groups in total. The maximum absolute atomic E-state index is 13.7. The van der Waals surface area contributed by atoms with Crippen molar-refractivity contribution >= 4 is 17.2 Å². The maximum Gasteiger partial charge on any atom is 0.190 e. The van der Waals surface area contributed by atoms with Gasteiger partial charge in [0.25, 0.3) is 0 Å². The topological polar surface area (TPSA) is 49.9 Å². The fourth-order valence-corrected chi connectivity index (χ4v) is 2.45. The number of aliphatic imine (C=N–C) groups is 1. The Kier molecular flexibility index (Phi) is 3.24. The van der Waals surface area contributed by atoms with Gasteiger partial charge < -0.3 is 4.42 Å². The smallest absolute Gasteiger partial charge is 0.190 e. The first-order valence-corrected chi connectivity index (χ1v) is 7.13. The lowest BCUT2D eigenvalue weighted by molar-refractivity contribution is 0.554. The van der Waals surface area contributed by atoms with Crippen molar-refractivity contribution < 1.29 is 8.81 Å². The molecule has 0 bridgehead atoms. The van der Waals surface area contributed by atoms with Crippen LogP contribution in [0.5, 0.6) is 0 Å². The predicted octanol–water partition coefficient (Wildman–Crippen LogP) is 3.85. The normalized spacial score (nSPS) is 13.4. The number of nitrogens with zero attached hydrogens (tertiary/aromatic N) is 2. The van der Waals surface area contributed by atoms with Crippen molar-refractivity contribution in [1.29, 1.82) is 0 Å². The molecular weight excluding hydrogens is 293 g/mol. The third-order valence-corrected chi connectivity index (χ3v) is 3.52. The van der Waals surface area contributed by atoms with Crippen LogP contribution in [0.25, 0.3) is 0 Å². The highest BCUT2D eigenvalue weighted by Crippen LogP contribution is 2.26. The average Bonchev–Trinajstić information content (AvgIpc) is 3.05. The molecule has 23 heavy (non-hydrogen) atoms. The van der Waals surface area contributed by atoms with E-state index in [-0.39, 0.29) is 5.82 Å². The number of rotatable bonds is 2. The molecule has 2 heterocycles. The van der Waals surface area contributed by atoms with E-state index < -0.39 is 0 Å². The minimum atomic E-state index is -0.330. The number of amidine groups is 1. The second-order valence-corrected chi connectivity index (χ2v) is 5.04. The lowest BCUT2D eigenvalue weighted by Gasteiger charge is -2.07. The highest BCUT2D eigenvalue weighted by atomic mass is 19.1. The van der Waals surface area contributed by atoms with Crippen LogP contribution >= 0.6 is 0 Å². The Labute approximate surface area is 132 Å². The number of halogens is 1. The zero-order valence-electron chi connectivity index (χ0n) is 12.0. The van der Waals surface area contributed by atoms with E-state index in [2.05, 4.69) is 15.5 Å². The minimum Gasteiger partial charge on any atom is -0.461 e. The van der Waals surface area contributed by atoms with Gasteiger partial charge >= 0.3 is 0 Å². The summed E-state index contributed by atoms with van der Waals surface area (Å²) in [5.41, 5.74) is 5.69. The first-order chi connectivity index (χ1) is 11.3. The van der Waals surface area contributed by atoms with Crippen LogP contribution in [0.4, 0.5) is 10.1 Å². The monoisotopic (exact) mass is 305 g/mol. The highest BCUT2D eigenvalue weighted by molar-refractivity contribution is 6.17. The van der Waals surface area contributed by atoms with E-state index >= 15 is 0 Å². The quantitative estimate of drug-likeness (QED) is 0.781. The van der Waals surface area contributed by atoms with Crippen molar-refractivity contribution in [2.45, 2.75) is 0 Å². The molecule has 1 aliphatic heterocycles. The Balaban J connectivity index is 1.90. The van der Waals surface area contributed by atoms with Crippen LogP contribution in [-0.2, 0) is 0 Å². The first-order valence-electron chi connectivity index (χ1n) is 7.13. The third kappa shape index (κ3) is 2.53. The zero-order valence-corrected chi connectivity index (χ0v) is 12.0. The molecule has 0 spiro atoms. The van der Waals surface area contributed by atoms with Crippen LogP contribution in [0.3, 0.4) is 0 Å². The summed E-state index contributed by atoms with van der Waals surface area (Å²) < 4.78 is 19.1. The largest absolute Gasteiger partial charge is 0.461 e. The fourth-order valence-electron chi connectivity index (χ4n) is 2.45. The lowest BCUT2D eigenvalue weighted by Crippen LogP contribution is -2.19. The molecule has 0 fully saturated rings. The second kappa shape index (κ2) is 5.53. The van der Waals surface area contributed by atoms with Gasteiger partial charge in [0.2, 0.25) is 0 Å². The van der Waals surface area contributed by atoms with Crippen molar-refractivity contribution in [3.05, 3.63) is 89.6 Å². The van der Waals surface area contributed by atoms with E-state index in [9.17, 15) is 4.39 Å². The van der Waals surface area contributed by atoms with Gasteiger partial charge in [0.1, 0.15) is 11.5 Å². The van der Waals surface area contributed by atoms with Gasteiger partial charge in [-0.1, -0.05) is 30.3 Å². The van der Waals surface area contributed by atoms with Crippen molar-refractivity contribution in [2.75, 3.05) is 0 Å². The average molecular weight is 305 g/mol. The first kappa shape index (κ1) is 13.5. The molecule has 0 saturated heterocycles. The molecule has 0 amide bonds. The molecule has 0 atom stereocenters. The molecule has 4 rings (SSSR count). The molecule has 0 unspecified atom stereocenters. The second-order valence-electron chi connectivity index (χ2n) is 5.04. The van der Waals surface area contributed by atoms with Crippen LogP contribution in [0, 0.1) is 5.82 Å². The van der Waals surface area contributed by atoms with Gasteiger partial charge in [0.05, 0.1) is 12.0 Å². The van der Waals surface area contributed by atoms with E-state index in [4.69, 9.17) is 4.42 Å². The van der Waals surface area contributed by atoms with Crippen LogP contribution in [0.2, 0.25) is 0 Å². The van der Waals surface area contributed by atoms with E-state index in [0.717, 1.165) is 5.56 Å². The van der Waals surface area contributed by atoms with Crippen molar-refractivity contribution in [1.82, 2.24) is 5.43 Å². The Hall–Kier alpha value is -3.21. The molecule has 3 aromatic rings. The zero-order chi connectivity index (χ0) is 15.6. The van der Waals surface area contributed by atoms with Gasteiger partial charge in [-0.25, -0.2) is 9.38 Å². The van der Waals surface area contributed by atoms with Crippen LogP contribution in [0.15, 0.2) is 81.4 Å². The number of nitrogens with one attached hydrogen (secondary N) is 1. The molecule has 5 heteroatoms. The minimum absolute atomic E-state index is 0.330. The number of hydrazone groups is 1. The van der Waals surface area contributed by atoms with Gasteiger partial charge in [-0.3, -0.25) is 5.43 Å². The molecule has 4 nitrogen and oxygen atoms in total. The Morgan fingerprint density at radius 1 is 0.957 bits per heavy atom. The van der Waals surface area contributed by atoms with Gasteiger partial charge in [-0.2, -0.15) is 5.10 Å². The standard InChI is InChI=1S/C18H12FN3O/c19-13-8-9-15-14(11-13)17(12-5-2-1-3-6-12)21-22-18(20-15)16-7-4-10-23-16/h1-11H,(H,20,22). The summed E-state index contributed by atoms with van der Waals surface area (Å²) in [4.78, 5) is 4.53. The van der Waals surface area contributed by atoms with Crippen molar-refractivity contribution in [3.63, 3.8) is 0 Å². The van der Waals surface area contributed by atoms with E-state index in [1.165, 1.54) is 12.1 Å². The third-order valence-electron chi connectivity index (χ3n) is 3.52. The van der Waals surface area contributed by atoms with Gasteiger partial charge in [-0.15, -0.1) is 0 Å². The van der Waals surface area contributed by atoms with Crippen molar-refractivity contribution in [3.8, 4) is 0 Å². The van der Waals surface area contributed by atoms with Gasteiger partial charge in [-0.05, 0) is 30.3 Å². The molecule has 2 aromatic carbocycles. The van der Waals surface area contributed by atoms with E-state index in [1.54, 1.807) is 24.5 Å². The van der Waals surface area contributed by atoms with E-state index in [0.29, 0.717) is 28.6 Å². The summed E-state index contributed by atoms with van der Waals surface area (Å²) in [6.07, 6.45) is 1.57. The number of hydrogen-bond donors (Lipinski definition) is 1. The summed E-state index contributed by atoms with van der Waals surface area (Å²) in [5, 5.41) is 4.42. The van der Waals surface area contributed by atoms with Crippen LogP contribution < -0.4 is 5.43 Å². The molecular formula is C18H12FN3O. The number of benzene rings is 2. The van der Waals surface area contributed by atoms with Gasteiger partial charge in [0, 0.05) is 11.1 Å². The van der Waals surface area contributed by atoms with Crippen molar-refractivity contribution in [2.24, 2.45) is 10.1 Å². The SMILES string of the molecule is Fc1ccc2c(c1)C(c1ccccc1)=NNC(c1ccco1)=N2. The summed E-state index contributed by atoms with van der Waals surface area (Å²) in [7, 11) is 0. The predicted molar refractivity (Wildman–Crippen MR) is 86.5 cm³/mol. The molecule has 1 aromatic heterocycles. The molecule has 0 radical (unpaired) electrons. The summed E-state index contributed by atoms with van der Waals surface area (Å²) in [6, 6.07) is 17.6. The van der Waals surface area contributed by atoms with Crippen LogP contribution in [-0.4, -0.2) is 11.5 Å². The summed E-state index contributed by atoms with van der Waals surface area (Å²) in [6.45, 7) is 0. The Morgan fingerprint density at radius 2 is 1.83 bits per heavy atom. The van der Waals surface area contributed by atoms with E-state index in [1.807, 2.05) is 30.3 Å². The maximum atomic E-state index is 13.7. The summed E-state index contributed by atoms with van der Waals surface area (Å²) >= 11 is 0. The Bertz CT molecular complexity index is 899. The highest BCUT2D eigenvalue weighted by Gasteiger charge is 2.18. The number of hydrogen-bond acceptors (Lipinski definition) is 4. The molecule has 112 valence electrons. The Morgan fingerprint density at radius 3 is 2.61 bits per heavy atom. The van der Waals surface area contributed by atoms with Gasteiger partial charge in [0.15, 0.2) is 11.6 Å². The molecule has 0 aliphatic carbocycles. The fraction of sp³-hybridized carbons (Fsp3) is 0. The van der Waals surface area contributed by atoms with Crippen LogP contribution in [0.1, 0.15) is 16.9 Å². The number of fused-ring (bicyclic) bond motifs is 1.